The molecule has 2 heterocycles. The lowest BCUT2D eigenvalue weighted by molar-refractivity contribution is 0.0948. The lowest BCUT2D eigenvalue weighted by Crippen LogP contribution is -2.26. The number of carbonyl (C=O) groups is 1. The van der Waals surface area contributed by atoms with E-state index in [1.807, 2.05) is 0 Å². The second kappa shape index (κ2) is 5.40. The molecule has 0 unspecified atom stereocenters. The van der Waals surface area contributed by atoms with Crippen LogP contribution in [0, 0.1) is 0 Å². The van der Waals surface area contributed by atoms with Crippen LogP contribution in [0.1, 0.15) is 16.4 Å². The van der Waals surface area contributed by atoms with E-state index in [-0.39, 0.29) is 16.8 Å². The minimum Gasteiger partial charge on any atom is -0.350 e. The summed E-state index contributed by atoms with van der Waals surface area (Å²) < 4.78 is 4.79. The molecule has 2 rings (SSSR count). The molecule has 0 aliphatic carbocycles. The lowest BCUT2D eigenvalue weighted by Gasteiger charge is -2.02. The van der Waals surface area contributed by atoms with Crippen molar-refractivity contribution < 1.29 is 9.32 Å². The van der Waals surface area contributed by atoms with E-state index >= 15 is 0 Å². The molecule has 2 aromatic rings. The highest BCUT2D eigenvalue weighted by Crippen LogP contribution is 2.04. The van der Waals surface area contributed by atoms with E-state index in [2.05, 4.69) is 20.4 Å². The molecule has 0 saturated carbocycles. The molecule has 0 aliphatic rings. The molecule has 0 bridgehead atoms. The van der Waals surface area contributed by atoms with Gasteiger partial charge in [0.05, 0.1) is 0 Å². The van der Waals surface area contributed by atoms with E-state index < -0.39 is 0 Å². The Morgan fingerprint density at radius 2 is 2.35 bits per heavy atom. The molecular formula is C10H9ClN4O2. The molecule has 2 aromatic heterocycles. The molecule has 0 fully saturated rings. The third-order valence-electron chi connectivity index (χ3n) is 1.98. The number of nitrogens with one attached hydrogen (secondary N) is 1. The Morgan fingerprint density at radius 1 is 1.47 bits per heavy atom. The number of rotatable bonds is 4. The van der Waals surface area contributed by atoms with Crippen molar-refractivity contribution in [2.45, 2.75) is 6.42 Å². The first-order chi connectivity index (χ1) is 8.25. The molecular weight excluding hydrogens is 244 g/mol. The summed E-state index contributed by atoms with van der Waals surface area (Å²) >= 11 is 5.68. The first-order valence-electron chi connectivity index (χ1n) is 4.92. The summed E-state index contributed by atoms with van der Waals surface area (Å²) in [5.41, 5.74) is 0.281. The number of hydrogen-bond acceptors (Lipinski definition) is 5. The van der Waals surface area contributed by atoms with Crippen LogP contribution in [-0.4, -0.2) is 27.6 Å². The van der Waals surface area contributed by atoms with Gasteiger partial charge >= 0.3 is 0 Å². The minimum absolute atomic E-state index is 0.281. The molecule has 6 nitrogen and oxygen atoms in total. The molecule has 1 N–H and O–H groups in total. The summed E-state index contributed by atoms with van der Waals surface area (Å²) in [4.78, 5) is 19.4. The van der Waals surface area contributed by atoms with Crippen molar-refractivity contribution in [3.8, 4) is 0 Å². The zero-order valence-electron chi connectivity index (χ0n) is 8.76. The largest absolute Gasteiger partial charge is 0.350 e. The maximum absolute atomic E-state index is 11.6. The molecule has 0 aliphatic heterocycles. The van der Waals surface area contributed by atoms with Crippen molar-refractivity contribution in [3.05, 3.63) is 41.3 Å². The van der Waals surface area contributed by atoms with E-state index in [0.29, 0.717) is 18.9 Å². The first-order valence-corrected chi connectivity index (χ1v) is 5.30. The summed E-state index contributed by atoms with van der Waals surface area (Å²) in [5.74, 6) is 0.191. The standard InChI is InChI=1S/C10H9ClN4O2/c11-8-3-1-2-7(15-8)10(16)12-5-4-9-13-6-14-17-9/h1-3,6H,4-5H2,(H,12,16). The van der Waals surface area contributed by atoms with Crippen molar-refractivity contribution in [1.29, 1.82) is 0 Å². The quantitative estimate of drug-likeness (QED) is 0.824. The van der Waals surface area contributed by atoms with Crippen LogP contribution in [0.2, 0.25) is 5.15 Å². The van der Waals surface area contributed by atoms with E-state index in [1.54, 1.807) is 18.2 Å². The minimum atomic E-state index is -0.285. The highest BCUT2D eigenvalue weighted by atomic mass is 35.5. The summed E-state index contributed by atoms with van der Waals surface area (Å²) in [6, 6.07) is 4.87. The Hall–Kier alpha value is -1.95. The van der Waals surface area contributed by atoms with Gasteiger partial charge in [0.15, 0.2) is 6.33 Å². The Bertz CT molecular complexity index is 501. The SMILES string of the molecule is O=C(NCCc1ncno1)c1cccc(Cl)n1. The van der Waals surface area contributed by atoms with Gasteiger partial charge in [-0.2, -0.15) is 4.98 Å². The van der Waals surface area contributed by atoms with Crippen LogP contribution < -0.4 is 5.32 Å². The number of pyridine rings is 1. The number of halogens is 1. The molecule has 7 heteroatoms. The molecule has 0 radical (unpaired) electrons. The number of hydrogen-bond donors (Lipinski definition) is 1. The molecule has 0 spiro atoms. The zero-order chi connectivity index (χ0) is 12.1. The van der Waals surface area contributed by atoms with Crippen LogP contribution in [0.15, 0.2) is 29.0 Å². The Labute approximate surface area is 102 Å². The van der Waals surface area contributed by atoms with Crippen molar-refractivity contribution in [3.63, 3.8) is 0 Å². The Morgan fingerprint density at radius 3 is 3.06 bits per heavy atom. The molecule has 17 heavy (non-hydrogen) atoms. The summed E-state index contributed by atoms with van der Waals surface area (Å²) in [6.07, 6.45) is 1.79. The number of nitrogens with zero attached hydrogens (tertiary/aromatic N) is 3. The van der Waals surface area contributed by atoms with Gasteiger partial charge < -0.3 is 9.84 Å². The highest BCUT2D eigenvalue weighted by molar-refractivity contribution is 6.29. The van der Waals surface area contributed by atoms with Gasteiger partial charge in [-0.3, -0.25) is 4.79 Å². The van der Waals surface area contributed by atoms with Gasteiger partial charge in [-0.25, -0.2) is 4.98 Å². The van der Waals surface area contributed by atoms with Crippen molar-refractivity contribution in [2.75, 3.05) is 6.54 Å². The second-order valence-corrected chi connectivity index (χ2v) is 3.57. The maximum atomic E-state index is 11.6. The maximum Gasteiger partial charge on any atom is 0.269 e. The normalized spacial score (nSPS) is 10.2. The average molecular weight is 253 g/mol. The van der Waals surface area contributed by atoms with Crippen LogP contribution >= 0.6 is 11.6 Å². The number of carbonyl (C=O) groups excluding carboxylic acids is 1. The van der Waals surface area contributed by atoms with E-state index in [9.17, 15) is 4.79 Å². The second-order valence-electron chi connectivity index (χ2n) is 3.19. The Kier molecular flexibility index (Phi) is 3.66. The summed E-state index contributed by atoms with van der Waals surface area (Å²) in [6.45, 7) is 0.398. The monoisotopic (exact) mass is 252 g/mol. The Balaban J connectivity index is 1.85. The average Bonchev–Trinajstić information content (AvgIpc) is 2.82. The van der Waals surface area contributed by atoms with Crippen molar-refractivity contribution in [2.24, 2.45) is 0 Å². The smallest absolute Gasteiger partial charge is 0.269 e. The summed E-state index contributed by atoms with van der Waals surface area (Å²) in [5, 5.41) is 6.42. The molecule has 0 saturated heterocycles. The fourth-order valence-electron chi connectivity index (χ4n) is 1.21. The number of aromatic nitrogens is 3. The van der Waals surface area contributed by atoms with Crippen LogP contribution in [0.4, 0.5) is 0 Å². The van der Waals surface area contributed by atoms with Crippen molar-refractivity contribution >= 4 is 17.5 Å². The molecule has 88 valence electrons. The van der Waals surface area contributed by atoms with Gasteiger partial charge in [0.25, 0.3) is 5.91 Å². The van der Waals surface area contributed by atoms with Gasteiger partial charge in [-0.05, 0) is 12.1 Å². The fourth-order valence-corrected chi connectivity index (χ4v) is 1.38. The predicted octanol–water partition coefficient (Wildman–Crippen LogP) is 1.09. The van der Waals surface area contributed by atoms with E-state index in [1.165, 1.54) is 6.33 Å². The van der Waals surface area contributed by atoms with Gasteiger partial charge in [-0.1, -0.05) is 22.8 Å². The van der Waals surface area contributed by atoms with Crippen LogP contribution in [0.3, 0.4) is 0 Å². The number of amides is 1. The van der Waals surface area contributed by atoms with Gasteiger partial charge in [0.2, 0.25) is 5.89 Å². The van der Waals surface area contributed by atoms with Crippen molar-refractivity contribution in [1.82, 2.24) is 20.4 Å². The predicted molar refractivity (Wildman–Crippen MR) is 59.6 cm³/mol. The lowest BCUT2D eigenvalue weighted by atomic mass is 10.3. The molecule has 0 atom stereocenters. The van der Waals surface area contributed by atoms with Gasteiger partial charge in [0, 0.05) is 13.0 Å². The van der Waals surface area contributed by atoms with Crippen LogP contribution in [0.25, 0.3) is 0 Å². The third-order valence-corrected chi connectivity index (χ3v) is 2.19. The highest BCUT2D eigenvalue weighted by Gasteiger charge is 2.07. The van der Waals surface area contributed by atoms with E-state index in [0.717, 1.165) is 0 Å². The first kappa shape index (κ1) is 11.5. The van der Waals surface area contributed by atoms with Gasteiger partial charge in [-0.15, -0.1) is 0 Å². The van der Waals surface area contributed by atoms with Gasteiger partial charge in [0.1, 0.15) is 10.8 Å². The zero-order valence-corrected chi connectivity index (χ0v) is 9.52. The third kappa shape index (κ3) is 3.25. The fraction of sp³-hybridized carbons (Fsp3) is 0.200. The van der Waals surface area contributed by atoms with Crippen LogP contribution in [0.5, 0.6) is 0 Å². The summed E-state index contributed by atoms with van der Waals surface area (Å²) in [7, 11) is 0. The topological polar surface area (TPSA) is 80.9 Å². The van der Waals surface area contributed by atoms with Crippen LogP contribution in [-0.2, 0) is 6.42 Å². The van der Waals surface area contributed by atoms with E-state index in [4.69, 9.17) is 16.1 Å². The molecule has 0 aromatic carbocycles. The molecule has 1 amide bonds.